The van der Waals surface area contributed by atoms with Crippen LogP contribution in [0.5, 0.6) is 0 Å². The van der Waals surface area contributed by atoms with Gasteiger partial charge in [-0.05, 0) is 42.8 Å². The van der Waals surface area contributed by atoms with Crippen molar-refractivity contribution in [1.82, 2.24) is 19.6 Å². The molecule has 9 nitrogen and oxygen atoms in total. The fraction of sp³-hybridized carbons (Fsp3) is 0.333. The van der Waals surface area contributed by atoms with E-state index in [0.29, 0.717) is 22.5 Å². The molecule has 2 aromatic carbocycles. The van der Waals surface area contributed by atoms with E-state index in [1.54, 1.807) is 0 Å². The van der Waals surface area contributed by atoms with Crippen molar-refractivity contribution in [3.05, 3.63) is 64.8 Å². The van der Waals surface area contributed by atoms with Crippen LogP contribution in [0, 0.1) is 0 Å². The summed E-state index contributed by atoms with van der Waals surface area (Å²) in [5.74, 6) is 0.827. The number of hydrogen-bond acceptors (Lipinski definition) is 8. The Labute approximate surface area is 212 Å². The number of likely N-dealkylation sites (N-methyl/N-ethyl adjacent to an activating group) is 2. The van der Waals surface area contributed by atoms with Crippen LogP contribution in [0.2, 0.25) is 5.02 Å². The first-order chi connectivity index (χ1) is 17.0. The van der Waals surface area contributed by atoms with Crippen molar-refractivity contribution in [2.45, 2.75) is 26.9 Å². The molecule has 1 aliphatic heterocycles. The smallest absolute Gasteiger partial charge is 0.229 e. The Morgan fingerprint density at radius 2 is 1.89 bits per heavy atom. The molecular weight excluding hydrogens is 486 g/mol. The van der Waals surface area contributed by atoms with E-state index in [1.165, 1.54) is 17.4 Å². The molecule has 1 aliphatic rings. The quantitative estimate of drug-likeness (QED) is 0.318. The summed E-state index contributed by atoms with van der Waals surface area (Å²) in [5, 5.41) is 6.86. The normalized spacial score (nSPS) is 14.0. The Bertz CT molecular complexity index is 1250. The van der Waals surface area contributed by atoms with Crippen LogP contribution in [0.1, 0.15) is 25.0 Å². The molecule has 3 aromatic rings. The molecule has 0 aliphatic carbocycles. The van der Waals surface area contributed by atoms with Gasteiger partial charge in [0.05, 0.1) is 6.20 Å². The van der Waals surface area contributed by atoms with Crippen LogP contribution >= 0.6 is 11.6 Å². The van der Waals surface area contributed by atoms with Crippen LogP contribution in [0.4, 0.5) is 28.8 Å². The van der Waals surface area contributed by atoms with Gasteiger partial charge in [-0.15, -0.1) is 0 Å². The van der Waals surface area contributed by atoms with Crippen molar-refractivity contribution < 1.29 is 8.42 Å². The Morgan fingerprint density at radius 1 is 1.06 bits per heavy atom. The molecule has 0 atom stereocenters. The van der Waals surface area contributed by atoms with E-state index in [1.807, 2.05) is 30.3 Å². The first kappa shape index (κ1) is 25.2. The molecule has 4 rings (SSSR count). The highest BCUT2D eigenvalue weighted by Gasteiger charge is 2.19. The largest absolute Gasteiger partial charge is 0.370 e. The summed E-state index contributed by atoms with van der Waals surface area (Å²) in [4.78, 5) is 13.8. The molecule has 1 aromatic heterocycles. The van der Waals surface area contributed by atoms with Gasteiger partial charge in [0, 0.05) is 49.8 Å². The van der Waals surface area contributed by atoms with Gasteiger partial charge >= 0.3 is 0 Å². The zero-order valence-electron chi connectivity index (χ0n) is 19.8. The minimum absolute atomic E-state index is 0.161. The molecule has 11 heteroatoms. The Kier molecular flexibility index (Phi) is 8.40. The van der Waals surface area contributed by atoms with Gasteiger partial charge in [0.2, 0.25) is 16.8 Å². The van der Waals surface area contributed by atoms with Crippen LogP contribution in [-0.2, 0) is 24.0 Å². The van der Waals surface area contributed by atoms with Crippen molar-refractivity contribution in [2.75, 3.05) is 41.7 Å². The third-order valence-corrected chi connectivity index (χ3v) is 6.70. The van der Waals surface area contributed by atoms with Gasteiger partial charge in [0.25, 0.3) is 0 Å². The van der Waals surface area contributed by atoms with Gasteiger partial charge in [-0.3, -0.25) is 4.90 Å². The number of anilines is 5. The van der Waals surface area contributed by atoms with Crippen molar-refractivity contribution in [1.29, 1.82) is 0 Å². The highest BCUT2D eigenvalue weighted by Crippen LogP contribution is 2.31. The van der Waals surface area contributed by atoms with Crippen molar-refractivity contribution >= 4 is 51.3 Å². The lowest BCUT2D eigenvalue weighted by Gasteiger charge is -2.23. The molecule has 0 radical (unpaired) electrons. The first-order valence-electron chi connectivity index (χ1n) is 11.6. The molecule has 3 N–H and O–H groups in total. The maximum absolute atomic E-state index is 10.9. The lowest BCUT2D eigenvalue weighted by atomic mass is 10.1. The van der Waals surface area contributed by atoms with Gasteiger partial charge < -0.3 is 15.5 Å². The number of nitrogens with one attached hydrogen (secondary N) is 3. The number of thiol groups is 1. The number of halogens is 1. The first-order valence-corrected chi connectivity index (χ1v) is 13.1. The zero-order valence-corrected chi connectivity index (χ0v) is 21.4. The zero-order chi connectivity index (χ0) is 24.8. The molecule has 35 heavy (non-hydrogen) atoms. The van der Waals surface area contributed by atoms with Crippen molar-refractivity contribution in [2.24, 2.45) is 0 Å². The summed E-state index contributed by atoms with van der Waals surface area (Å²) in [6.45, 7) is 9.46. The predicted octanol–water partition coefficient (Wildman–Crippen LogP) is 3.90. The Morgan fingerprint density at radius 3 is 2.66 bits per heavy atom. The molecule has 186 valence electrons. The fourth-order valence-electron chi connectivity index (χ4n) is 4.09. The minimum atomic E-state index is -2.70. The molecule has 0 amide bonds. The summed E-state index contributed by atoms with van der Waals surface area (Å²) < 4.78 is 24.3. The average molecular weight is 516 g/mol. The van der Waals surface area contributed by atoms with Gasteiger partial charge in [0.15, 0.2) is 5.82 Å². The lowest BCUT2D eigenvalue weighted by molar-refractivity contribution is 0.293. The molecule has 0 fully saturated rings. The van der Waals surface area contributed by atoms with Crippen LogP contribution < -0.4 is 20.3 Å². The molecule has 2 heterocycles. The maximum atomic E-state index is 10.9. The van der Waals surface area contributed by atoms with E-state index in [9.17, 15) is 8.42 Å². The second-order valence-electron chi connectivity index (χ2n) is 8.18. The van der Waals surface area contributed by atoms with Gasteiger partial charge in [0.1, 0.15) is 5.02 Å². The standard InChI is InChI=1S/C24H30ClN7O2S/c1-3-31-11-12-32(4-2)22-13-19(10-9-18(22)16-31)28-24-26-15-20(25)23(30-24)29-21-8-6-5-7-17(21)14-27-35(33)34/h5-10,13,15,35H,3-4,11-12,14,16H2,1-2H3,(H,27,33,34)(H2,26,28,29,30). The number of fused-ring (bicyclic) bond motifs is 1. The number of nitrogens with zero attached hydrogens (tertiary/aromatic N) is 4. The molecule has 0 saturated carbocycles. The number of para-hydroxylation sites is 1. The van der Waals surface area contributed by atoms with Gasteiger partial charge in [-0.1, -0.05) is 42.8 Å². The number of benzene rings is 2. The molecule has 0 spiro atoms. The van der Waals surface area contributed by atoms with Gasteiger partial charge in [-0.25, -0.2) is 18.1 Å². The predicted molar refractivity (Wildman–Crippen MR) is 142 cm³/mol. The molecule has 0 bridgehead atoms. The van der Waals surface area contributed by atoms with E-state index >= 15 is 0 Å². The van der Waals surface area contributed by atoms with E-state index in [2.05, 4.69) is 61.1 Å². The van der Waals surface area contributed by atoms with Crippen LogP contribution in [-0.4, -0.2) is 49.5 Å². The second-order valence-corrected chi connectivity index (χ2v) is 9.42. The third kappa shape index (κ3) is 6.40. The summed E-state index contributed by atoms with van der Waals surface area (Å²) in [6, 6.07) is 13.7. The SMILES string of the molecule is CCN1CCN(CC)c2cc(Nc3ncc(Cl)c(Nc4ccccc4CN[SH](=O)=O)n3)ccc2C1. The highest BCUT2D eigenvalue weighted by atomic mass is 35.5. The Balaban J connectivity index is 1.56. The van der Waals surface area contributed by atoms with E-state index in [0.717, 1.165) is 44.0 Å². The van der Waals surface area contributed by atoms with Crippen LogP contribution in [0.3, 0.4) is 0 Å². The topological polar surface area (TPSA) is 102 Å². The number of rotatable bonds is 9. The molecule has 0 saturated heterocycles. The summed E-state index contributed by atoms with van der Waals surface area (Å²) in [7, 11) is -2.70. The Hall–Kier alpha value is -2.92. The van der Waals surface area contributed by atoms with E-state index in [4.69, 9.17) is 11.6 Å². The van der Waals surface area contributed by atoms with Crippen LogP contribution in [0.15, 0.2) is 48.7 Å². The second kappa shape index (κ2) is 11.7. The number of hydrogen-bond donors (Lipinski definition) is 4. The summed E-state index contributed by atoms with van der Waals surface area (Å²) >= 11 is 6.37. The fourth-order valence-corrected chi connectivity index (χ4v) is 4.53. The monoisotopic (exact) mass is 515 g/mol. The maximum Gasteiger partial charge on any atom is 0.229 e. The van der Waals surface area contributed by atoms with Crippen LogP contribution in [0.25, 0.3) is 0 Å². The summed E-state index contributed by atoms with van der Waals surface area (Å²) in [5.41, 5.74) is 4.89. The highest BCUT2D eigenvalue weighted by molar-refractivity contribution is 7.70. The average Bonchev–Trinajstić information content (AvgIpc) is 3.04. The lowest BCUT2D eigenvalue weighted by Crippen LogP contribution is -2.31. The van der Waals surface area contributed by atoms with Crippen molar-refractivity contribution in [3.63, 3.8) is 0 Å². The van der Waals surface area contributed by atoms with E-state index < -0.39 is 10.9 Å². The number of aromatic nitrogens is 2. The van der Waals surface area contributed by atoms with Crippen molar-refractivity contribution in [3.8, 4) is 0 Å². The minimum Gasteiger partial charge on any atom is -0.370 e. The van der Waals surface area contributed by atoms with Gasteiger partial charge in [-0.2, -0.15) is 4.98 Å². The van der Waals surface area contributed by atoms with E-state index in [-0.39, 0.29) is 6.54 Å². The third-order valence-electron chi connectivity index (χ3n) is 6.00. The molecule has 0 unspecified atom stereocenters. The molecular formula is C24H30ClN7O2S. The summed E-state index contributed by atoms with van der Waals surface area (Å²) in [6.07, 6.45) is 1.54.